The highest BCUT2D eigenvalue weighted by molar-refractivity contribution is 5.92. The van der Waals surface area contributed by atoms with E-state index in [0.29, 0.717) is 0 Å². The number of hydrogen-bond acceptors (Lipinski definition) is 3. The normalized spacial score (nSPS) is 12.2. The van der Waals surface area contributed by atoms with E-state index in [0.717, 1.165) is 17.7 Å². The maximum absolute atomic E-state index is 12.1. The van der Waals surface area contributed by atoms with Crippen LogP contribution in [0.5, 0.6) is 0 Å². The SMILES string of the molecule is CCC(C)N(CC(=O)O)CC(=O)Nc1ccc(C)c(C)c1. The summed E-state index contributed by atoms with van der Waals surface area (Å²) >= 11 is 0. The molecular formula is C16H24N2O3. The van der Waals surface area contributed by atoms with Crippen LogP contribution in [-0.2, 0) is 9.59 Å². The van der Waals surface area contributed by atoms with Crippen LogP contribution in [0.15, 0.2) is 18.2 Å². The minimum Gasteiger partial charge on any atom is -0.480 e. The van der Waals surface area contributed by atoms with Crippen LogP contribution in [-0.4, -0.2) is 41.0 Å². The minimum absolute atomic E-state index is 0.0478. The number of carboxylic acid groups (broad SMARTS) is 1. The first-order chi connectivity index (χ1) is 9.83. The van der Waals surface area contributed by atoms with Crippen molar-refractivity contribution in [3.63, 3.8) is 0 Å². The average Bonchev–Trinajstić information content (AvgIpc) is 2.40. The number of carbonyl (C=O) groups excluding carboxylic acids is 1. The van der Waals surface area contributed by atoms with Crippen LogP contribution in [0, 0.1) is 13.8 Å². The van der Waals surface area contributed by atoms with Gasteiger partial charge in [-0.1, -0.05) is 13.0 Å². The fourth-order valence-electron chi connectivity index (χ4n) is 2.00. The number of rotatable bonds is 7. The van der Waals surface area contributed by atoms with Gasteiger partial charge in [-0.25, -0.2) is 0 Å². The van der Waals surface area contributed by atoms with Crippen molar-refractivity contribution in [2.45, 2.75) is 40.2 Å². The van der Waals surface area contributed by atoms with Crippen molar-refractivity contribution < 1.29 is 14.7 Å². The molecule has 5 heteroatoms. The van der Waals surface area contributed by atoms with Crippen molar-refractivity contribution in [3.8, 4) is 0 Å². The Morgan fingerprint density at radius 1 is 1.24 bits per heavy atom. The molecule has 0 radical (unpaired) electrons. The largest absolute Gasteiger partial charge is 0.480 e. The van der Waals surface area contributed by atoms with Gasteiger partial charge in [0.2, 0.25) is 5.91 Å². The number of nitrogens with one attached hydrogen (secondary N) is 1. The third-order valence-electron chi connectivity index (χ3n) is 3.69. The second-order valence-corrected chi connectivity index (χ2v) is 5.40. The maximum Gasteiger partial charge on any atom is 0.317 e. The van der Waals surface area contributed by atoms with E-state index in [1.165, 1.54) is 5.56 Å². The van der Waals surface area contributed by atoms with Gasteiger partial charge < -0.3 is 10.4 Å². The van der Waals surface area contributed by atoms with Crippen LogP contribution in [0.25, 0.3) is 0 Å². The first-order valence-corrected chi connectivity index (χ1v) is 7.16. The molecule has 0 heterocycles. The quantitative estimate of drug-likeness (QED) is 0.810. The van der Waals surface area contributed by atoms with Gasteiger partial charge in [-0.15, -0.1) is 0 Å². The molecule has 5 nitrogen and oxygen atoms in total. The van der Waals surface area contributed by atoms with Gasteiger partial charge in [0.05, 0.1) is 13.1 Å². The molecule has 21 heavy (non-hydrogen) atoms. The Hall–Kier alpha value is -1.88. The van der Waals surface area contributed by atoms with Crippen LogP contribution >= 0.6 is 0 Å². The standard InChI is InChI=1S/C16H24N2O3/c1-5-13(4)18(10-16(20)21)9-15(19)17-14-7-6-11(2)12(3)8-14/h6-8,13H,5,9-10H2,1-4H3,(H,17,19)(H,20,21). The van der Waals surface area contributed by atoms with E-state index in [1.807, 2.05) is 45.9 Å². The summed E-state index contributed by atoms with van der Waals surface area (Å²) in [4.78, 5) is 24.6. The molecule has 1 amide bonds. The summed E-state index contributed by atoms with van der Waals surface area (Å²) in [6, 6.07) is 5.77. The van der Waals surface area contributed by atoms with E-state index in [9.17, 15) is 9.59 Å². The molecule has 0 aliphatic rings. The number of carbonyl (C=O) groups is 2. The fourth-order valence-corrected chi connectivity index (χ4v) is 2.00. The lowest BCUT2D eigenvalue weighted by atomic mass is 10.1. The zero-order valence-corrected chi connectivity index (χ0v) is 13.1. The van der Waals surface area contributed by atoms with Crippen LogP contribution in [0.1, 0.15) is 31.4 Å². The van der Waals surface area contributed by atoms with E-state index in [-0.39, 0.29) is 25.0 Å². The summed E-state index contributed by atoms with van der Waals surface area (Å²) in [5.41, 5.74) is 3.01. The molecule has 0 fully saturated rings. The van der Waals surface area contributed by atoms with Gasteiger partial charge in [-0.2, -0.15) is 0 Å². The third kappa shape index (κ3) is 5.55. The Kier molecular flexibility index (Phi) is 6.37. The molecule has 116 valence electrons. The van der Waals surface area contributed by atoms with Crippen molar-refractivity contribution in [3.05, 3.63) is 29.3 Å². The molecule has 0 saturated carbocycles. The molecule has 0 aliphatic heterocycles. The molecular weight excluding hydrogens is 268 g/mol. The number of carboxylic acids is 1. The van der Waals surface area contributed by atoms with Gasteiger partial charge in [-0.05, 0) is 50.5 Å². The first kappa shape index (κ1) is 17.2. The minimum atomic E-state index is -0.922. The van der Waals surface area contributed by atoms with Gasteiger partial charge >= 0.3 is 5.97 Å². The Labute approximate surface area is 126 Å². The van der Waals surface area contributed by atoms with Crippen molar-refractivity contribution in [1.82, 2.24) is 4.90 Å². The molecule has 0 saturated heterocycles. The maximum atomic E-state index is 12.1. The number of benzene rings is 1. The highest BCUT2D eigenvalue weighted by Gasteiger charge is 2.18. The van der Waals surface area contributed by atoms with Crippen molar-refractivity contribution in [2.75, 3.05) is 18.4 Å². The van der Waals surface area contributed by atoms with E-state index in [1.54, 1.807) is 4.90 Å². The number of aryl methyl sites for hydroxylation is 2. The highest BCUT2D eigenvalue weighted by atomic mass is 16.4. The summed E-state index contributed by atoms with van der Waals surface area (Å²) in [6.07, 6.45) is 0.796. The summed E-state index contributed by atoms with van der Waals surface area (Å²) in [5, 5.41) is 11.7. The highest BCUT2D eigenvalue weighted by Crippen LogP contribution is 2.14. The van der Waals surface area contributed by atoms with Gasteiger partial charge in [0.1, 0.15) is 0 Å². The lowest BCUT2D eigenvalue weighted by molar-refractivity contribution is -0.139. The summed E-state index contributed by atoms with van der Waals surface area (Å²) in [5.74, 6) is -1.12. The monoisotopic (exact) mass is 292 g/mol. The lowest BCUT2D eigenvalue weighted by Crippen LogP contribution is -2.42. The van der Waals surface area contributed by atoms with Gasteiger partial charge in [0, 0.05) is 11.7 Å². The van der Waals surface area contributed by atoms with Crippen LogP contribution in [0.2, 0.25) is 0 Å². The van der Waals surface area contributed by atoms with Crippen molar-refractivity contribution in [2.24, 2.45) is 0 Å². The smallest absolute Gasteiger partial charge is 0.317 e. The van der Waals surface area contributed by atoms with Crippen LogP contribution < -0.4 is 5.32 Å². The molecule has 0 aliphatic carbocycles. The molecule has 0 bridgehead atoms. The number of aliphatic carboxylic acids is 1. The summed E-state index contributed by atoms with van der Waals surface area (Å²) in [6.45, 7) is 7.84. The Balaban J connectivity index is 2.68. The molecule has 0 aromatic heterocycles. The van der Waals surface area contributed by atoms with Gasteiger partial charge in [0.15, 0.2) is 0 Å². The third-order valence-corrected chi connectivity index (χ3v) is 3.69. The fraction of sp³-hybridized carbons (Fsp3) is 0.500. The van der Waals surface area contributed by atoms with Gasteiger partial charge in [0.25, 0.3) is 0 Å². The van der Waals surface area contributed by atoms with Crippen LogP contribution in [0.4, 0.5) is 5.69 Å². The zero-order chi connectivity index (χ0) is 16.0. The molecule has 1 aromatic rings. The molecule has 1 aromatic carbocycles. The van der Waals surface area contributed by atoms with Gasteiger partial charge in [-0.3, -0.25) is 14.5 Å². The van der Waals surface area contributed by atoms with Crippen molar-refractivity contribution >= 4 is 17.6 Å². The zero-order valence-electron chi connectivity index (χ0n) is 13.1. The molecule has 1 atom stereocenters. The average molecular weight is 292 g/mol. The lowest BCUT2D eigenvalue weighted by Gasteiger charge is -2.25. The molecule has 0 spiro atoms. The Morgan fingerprint density at radius 3 is 2.43 bits per heavy atom. The molecule has 1 unspecified atom stereocenters. The Morgan fingerprint density at radius 2 is 1.90 bits per heavy atom. The summed E-state index contributed by atoms with van der Waals surface area (Å²) < 4.78 is 0. The second kappa shape index (κ2) is 7.78. The first-order valence-electron chi connectivity index (χ1n) is 7.16. The van der Waals surface area contributed by atoms with E-state index in [4.69, 9.17) is 5.11 Å². The predicted octanol–water partition coefficient (Wildman–Crippen LogP) is 2.43. The Bertz CT molecular complexity index is 514. The van der Waals surface area contributed by atoms with E-state index < -0.39 is 5.97 Å². The topological polar surface area (TPSA) is 69.6 Å². The number of amides is 1. The summed E-state index contributed by atoms with van der Waals surface area (Å²) in [7, 11) is 0. The number of hydrogen-bond donors (Lipinski definition) is 2. The van der Waals surface area contributed by atoms with E-state index >= 15 is 0 Å². The predicted molar refractivity (Wildman–Crippen MR) is 83.5 cm³/mol. The number of nitrogens with zero attached hydrogens (tertiary/aromatic N) is 1. The number of anilines is 1. The van der Waals surface area contributed by atoms with Crippen molar-refractivity contribution in [1.29, 1.82) is 0 Å². The molecule has 2 N–H and O–H groups in total. The molecule has 1 rings (SSSR count). The van der Waals surface area contributed by atoms with Crippen LogP contribution in [0.3, 0.4) is 0 Å². The van der Waals surface area contributed by atoms with E-state index in [2.05, 4.69) is 5.32 Å². The second-order valence-electron chi connectivity index (χ2n) is 5.40.